The highest BCUT2D eigenvalue weighted by Crippen LogP contribution is 2.21. The predicted molar refractivity (Wildman–Crippen MR) is 126 cm³/mol. The van der Waals surface area contributed by atoms with Crippen LogP contribution in [0.5, 0.6) is 0 Å². The number of aromatic amines is 1. The van der Waals surface area contributed by atoms with Crippen LogP contribution in [0.25, 0.3) is 11.0 Å². The Hall–Kier alpha value is -2.75. The van der Waals surface area contributed by atoms with E-state index < -0.39 is 10.0 Å². The van der Waals surface area contributed by atoms with Crippen molar-refractivity contribution in [2.45, 2.75) is 30.7 Å². The average molecular weight is 468 g/mol. The fraction of sp³-hybridized carbons (Fsp3) is 0.417. The number of hydrogen-bond acceptors (Lipinski definition) is 5. The molecule has 0 spiro atoms. The normalized spacial score (nSPS) is 18.6. The number of fused-ring (bicyclic) bond motifs is 1. The Kier molecular flexibility index (Phi) is 6.18. The molecule has 1 aromatic heterocycles. The van der Waals surface area contributed by atoms with Crippen LogP contribution in [-0.2, 0) is 16.6 Å². The molecule has 2 fully saturated rings. The van der Waals surface area contributed by atoms with Gasteiger partial charge < -0.3 is 9.88 Å². The van der Waals surface area contributed by atoms with Crippen LogP contribution < -0.4 is 0 Å². The van der Waals surface area contributed by atoms with Crippen molar-refractivity contribution >= 4 is 27.0 Å². The number of piperazine rings is 1. The Morgan fingerprint density at radius 3 is 2.27 bits per heavy atom. The molecule has 33 heavy (non-hydrogen) atoms. The summed E-state index contributed by atoms with van der Waals surface area (Å²) in [6.07, 6.45) is 2.88. The lowest BCUT2D eigenvalue weighted by Crippen LogP contribution is -2.48. The summed E-state index contributed by atoms with van der Waals surface area (Å²) in [7, 11) is -3.48. The van der Waals surface area contributed by atoms with Crippen molar-refractivity contribution in [3.8, 4) is 0 Å². The smallest absolute Gasteiger partial charge is 0.253 e. The summed E-state index contributed by atoms with van der Waals surface area (Å²) in [6.45, 7) is 4.66. The van der Waals surface area contributed by atoms with Gasteiger partial charge in [0.1, 0.15) is 5.82 Å². The Balaban J connectivity index is 1.18. The Morgan fingerprint density at radius 1 is 0.879 bits per heavy atom. The molecule has 1 amide bonds. The van der Waals surface area contributed by atoms with E-state index in [1.54, 1.807) is 28.6 Å². The number of piperidine rings is 1. The molecule has 174 valence electrons. The largest absolute Gasteiger partial charge is 0.341 e. The summed E-state index contributed by atoms with van der Waals surface area (Å²) >= 11 is 0. The van der Waals surface area contributed by atoms with E-state index in [9.17, 15) is 13.2 Å². The number of benzene rings is 2. The number of H-pyrrole nitrogens is 1. The molecule has 0 saturated carbocycles. The molecule has 2 saturated heterocycles. The van der Waals surface area contributed by atoms with Gasteiger partial charge in [0.05, 0.1) is 22.5 Å². The van der Waals surface area contributed by atoms with Crippen molar-refractivity contribution in [3.63, 3.8) is 0 Å². The summed E-state index contributed by atoms with van der Waals surface area (Å²) in [6, 6.07) is 14.4. The minimum absolute atomic E-state index is 0.0553. The molecule has 3 aromatic rings. The van der Waals surface area contributed by atoms with Gasteiger partial charge in [-0.1, -0.05) is 18.6 Å². The maximum atomic E-state index is 13.0. The molecule has 1 N–H and O–H groups in total. The monoisotopic (exact) mass is 467 g/mol. The fourth-order valence-corrected chi connectivity index (χ4v) is 6.12. The molecule has 9 heteroatoms. The van der Waals surface area contributed by atoms with Gasteiger partial charge in [0.25, 0.3) is 5.91 Å². The number of sulfonamides is 1. The van der Waals surface area contributed by atoms with Crippen LogP contribution in [0.1, 0.15) is 35.4 Å². The van der Waals surface area contributed by atoms with Crippen LogP contribution in [0.4, 0.5) is 0 Å². The number of aromatic nitrogens is 2. The van der Waals surface area contributed by atoms with Crippen molar-refractivity contribution in [2.24, 2.45) is 0 Å². The number of carbonyl (C=O) groups excluding carboxylic acids is 1. The molecule has 0 bridgehead atoms. The van der Waals surface area contributed by atoms with E-state index in [1.165, 1.54) is 0 Å². The summed E-state index contributed by atoms with van der Waals surface area (Å²) in [4.78, 5) is 25.4. The quantitative estimate of drug-likeness (QED) is 0.623. The van der Waals surface area contributed by atoms with Gasteiger partial charge in [-0.15, -0.1) is 0 Å². The molecule has 0 aliphatic carbocycles. The third kappa shape index (κ3) is 4.66. The molecular formula is C24H29N5O3S. The summed E-state index contributed by atoms with van der Waals surface area (Å²) < 4.78 is 27.2. The van der Waals surface area contributed by atoms with Gasteiger partial charge in [0.15, 0.2) is 0 Å². The number of nitrogens with zero attached hydrogens (tertiary/aromatic N) is 4. The highest BCUT2D eigenvalue weighted by atomic mass is 32.2. The first-order valence-electron chi connectivity index (χ1n) is 11.6. The van der Waals surface area contributed by atoms with E-state index in [4.69, 9.17) is 0 Å². The Morgan fingerprint density at radius 2 is 1.58 bits per heavy atom. The molecule has 3 heterocycles. The van der Waals surface area contributed by atoms with Crippen LogP contribution in [-0.4, -0.2) is 77.7 Å². The van der Waals surface area contributed by atoms with Crippen molar-refractivity contribution < 1.29 is 13.2 Å². The SMILES string of the molecule is O=C(c1ccc(S(=O)(=O)N2CCCCC2)cc1)N1CCN(Cc2nc3ccccc3[nH]2)CC1. The molecule has 2 aliphatic heterocycles. The van der Waals surface area contributed by atoms with E-state index >= 15 is 0 Å². The first kappa shape index (κ1) is 22.1. The Bertz CT molecular complexity index is 1190. The van der Waals surface area contributed by atoms with Gasteiger partial charge in [0, 0.05) is 44.8 Å². The third-order valence-corrected chi connectivity index (χ3v) is 8.44. The Labute approximate surface area is 194 Å². The van der Waals surface area contributed by atoms with E-state index in [0.29, 0.717) is 31.7 Å². The lowest BCUT2D eigenvalue weighted by atomic mass is 10.2. The highest BCUT2D eigenvalue weighted by Gasteiger charge is 2.27. The van der Waals surface area contributed by atoms with E-state index in [1.807, 2.05) is 29.2 Å². The van der Waals surface area contributed by atoms with Gasteiger partial charge in [-0.25, -0.2) is 13.4 Å². The van der Waals surface area contributed by atoms with Gasteiger partial charge in [-0.3, -0.25) is 9.69 Å². The minimum Gasteiger partial charge on any atom is -0.341 e. The second-order valence-electron chi connectivity index (χ2n) is 8.76. The van der Waals surface area contributed by atoms with E-state index in [2.05, 4.69) is 14.9 Å². The standard InChI is InChI=1S/C24H29N5O3S/c30-24(19-8-10-20(11-9-19)33(31,32)29-12-4-1-5-13-29)28-16-14-27(15-17-28)18-23-25-21-6-2-3-7-22(21)26-23/h2-3,6-11H,1,4-5,12-18H2,(H,25,26). The van der Waals surface area contributed by atoms with Crippen LogP contribution in [0.15, 0.2) is 53.4 Å². The maximum absolute atomic E-state index is 13.0. The number of carbonyl (C=O) groups is 1. The number of hydrogen-bond donors (Lipinski definition) is 1. The first-order chi connectivity index (χ1) is 16.0. The molecule has 8 nitrogen and oxygen atoms in total. The number of nitrogens with one attached hydrogen (secondary N) is 1. The first-order valence-corrected chi connectivity index (χ1v) is 13.0. The number of imidazole rings is 1. The molecule has 0 atom stereocenters. The number of rotatable bonds is 5. The predicted octanol–water partition coefficient (Wildman–Crippen LogP) is 2.70. The average Bonchev–Trinajstić information content (AvgIpc) is 3.27. The summed E-state index contributed by atoms with van der Waals surface area (Å²) in [5, 5.41) is 0. The molecular weight excluding hydrogens is 438 g/mol. The van der Waals surface area contributed by atoms with Gasteiger partial charge >= 0.3 is 0 Å². The topological polar surface area (TPSA) is 89.6 Å². The van der Waals surface area contributed by atoms with Gasteiger partial charge in [-0.2, -0.15) is 4.31 Å². The fourth-order valence-electron chi connectivity index (χ4n) is 4.61. The number of para-hydroxylation sites is 2. The lowest BCUT2D eigenvalue weighted by molar-refractivity contribution is 0.0626. The maximum Gasteiger partial charge on any atom is 0.253 e. The summed E-state index contributed by atoms with van der Waals surface area (Å²) in [5.41, 5.74) is 2.53. The zero-order valence-corrected chi connectivity index (χ0v) is 19.4. The molecule has 0 unspecified atom stereocenters. The second-order valence-corrected chi connectivity index (χ2v) is 10.7. The van der Waals surface area contributed by atoms with Crippen molar-refractivity contribution in [3.05, 3.63) is 59.9 Å². The lowest BCUT2D eigenvalue weighted by Gasteiger charge is -2.34. The van der Waals surface area contributed by atoms with Crippen molar-refractivity contribution in [1.82, 2.24) is 24.1 Å². The van der Waals surface area contributed by atoms with Crippen LogP contribution in [0.3, 0.4) is 0 Å². The zero-order chi connectivity index (χ0) is 22.8. The molecule has 5 rings (SSSR count). The highest BCUT2D eigenvalue weighted by molar-refractivity contribution is 7.89. The molecule has 2 aliphatic rings. The van der Waals surface area contributed by atoms with E-state index in [-0.39, 0.29) is 10.8 Å². The second kappa shape index (κ2) is 9.24. The third-order valence-electron chi connectivity index (χ3n) is 6.53. The molecule has 0 radical (unpaired) electrons. The number of amides is 1. The summed E-state index contributed by atoms with van der Waals surface area (Å²) in [5.74, 6) is 0.877. The van der Waals surface area contributed by atoms with Crippen LogP contribution in [0, 0.1) is 0 Å². The minimum atomic E-state index is -3.48. The van der Waals surface area contributed by atoms with Crippen LogP contribution >= 0.6 is 0 Å². The van der Waals surface area contributed by atoms with Gasteiger partial charge in [0.2, 0.25) is 10.0 Å². The van der Waals surface area contributed by atoms with Crippen LogP contribution in [0.2, 0.25) is 0 Å². The van der Waals surface area contributed by atoms with E-state index in [0.717, 1.165) is 55.8 Å². The molecule has 2 aromatic carbocycles. The zero-order valence-electron chi connectivity index (χ0n) is 18.6. The van der Waals surface area contributed by atoms with Crippen molar-refractivity contribution in [1.29, 1.82) is 0 Å². The van der Waals surface area contributed by atoms with Crippen molar-refractivity contribution in [2.75, 3.05) is 39.3 Å². The van der Waals surface area contributed by atoms with Gasteiger partial charge in [-0.05, 0) is 49.2 Å².